The highest BCUT2D eigenvalue weighted by Gasteiger charge is 2.19. The molecule has 1 heterocycles. The molecule has 0 unspecified atom stereocenters. The van der Waals surface area contributed by atoms with E-state index in [1.165, 1.54) is 25.3 Å². The Kier molecular flexibility index (Phi) is 6.33. The molecule has 0 aliphatic carbocycles. The van der Waals surface area contributed by atoms with Crippen LogP contribution < -0.4 is 14.8 Å². The Labute approximate surface area is 173 Å². The minimum absolute atomic E-state index is 0.0401. The van der Waals surface area contributed by atoms with Crippen molar-refractivity contribution in [1.29, 1.82) is 0 Å². The fraction of sp³-hybridized carbons (Fsp3) is 0.263. The second-order valence-corrected chi connectivity index (χ2v) is 9.03. The van der Waals surface area contributed by atoms with Crippen molar-refractivity contribution < 1.29 is 22.4 Å². The lowest BCUT2D eigenvalue weighted by Gasteiger charge is -2.11. The van der Waals surface area contributed by atoms with Gasteiger partial charge in [-0.05, 0) is 44.2 Å². The maximum Gasteiger partial charge on any atom is 0.262 e. The van der Waals surface area contributed by atoms with Gasteiger partial charge in [0.25, 0.3) is 15.2 Å². The van der Waals surface area contributed by atoms with Gasteiger partial charge in [0.2, 0.25) is 5.91 Å². The van der Waals surface area contributed by atoms with Crippen LogP contribution in [0.25, 0.3) is 11.1 Å². The second kappa shape index (κ2) is 8.75. The molecule has 2 N–H and O–H groups in total. The Morgan fingerprint density at radius 1 is 1.24 bits per heavy atom. The van der Waals surface area contributed by atoms with Gasteiger partial charge in [0.15, 0.2) is 5.58 Å². The molecule has 1 amide bonds. The number of oxazole rings is 1. The number of benzene rings is 2. The Morgan fingerprint density at radius 3 is 2.72 bits per heavy atom. The number of amides is 1. The summed E-state index contributed by atoms with van der Waals surface area (Å²) in [7, 11) is -2.38. The third-order valence-corrected chi connectivity index (χ3v) is 5.97. The number of hydrogen-bond acceptors (Lipinski definition) is 7. The molecule has 2 aromatic carbocycles. The zero-order chi connectivity index (χ0) is 21.0. The van der Waals surface area contributed by atoms with E-state index in [-0.39, 0.29) is 22.6 Å². The number of nitrogens with one attached hydrogen (secondary N) is 2. The lowest BCUT2D eigenvalue weighted by molar-refractivity contribution is -0.119. The Morgan fingerprint density at radius 2 is 2.00 bits per heavy atom. The summed E-state index contributed by atoms with van der Waals surface area (Å²) in [5.41, 5.74) is 1.16. The molecule has 1 aromatic heterocycles. The molecule has 8 nitrogen and oxygen atoms in total. The van der Waals surface area contributed by atoms with E-state index < -0.39 is 10.0 Å². The van der Waals surface area contributed by atoms with Crippen molar-refractivity contribution in [2.24, 2.45) is 0 Å². The molecule has 10 heteroatoms. The molecular weight excluding hydrogens is 414 g/mol. The van der Waals surface area contributed by atoms with Crippen LogP contribution in [0, 0.1) is 0 Å². The van der Waals surface area contributed by atoms with Gasteiger partial charge in [-0.2, -0.15) is 0 Å². The van der Waals surface area contributed by atoms with Gasteiger partial charge < -0.3 is 14.5 Å². The molecule has 0 atom stereocenters. The van der Waals surface area contributed by atoms with Crippen molar-refractivity contribution in [1.82, 2.24) is 10.3 Å². The van der Waals surface area contributed by atoms with Crippen LogP contribution in [0.2, 0.25) is 0 Å². The van der Waals surface area contributed by atoms with Crippen molar-refractivity contribution >= 4 is 44.5 Å². The minimum atomic E-state index is -3.85. The molecule has 3 rings (SSSR count). The van der Waals surface area contributed by atoms with Crippen LogP contribution in [0.1, 0.15) is 13.8 Å². The number of ether oxygens (including phenoxy) is 1. The molecule has 0 aliphatic rings. The second-order valence-electron chi connectivity index (χ2n) is 6.43. The van der Waals surface area contributed by atoms with Gasteiger partial charge in [-0.25, -0.2) is 13.4 Å². The number of carbonyl (C=O) groups is 1. The zero-order valence-electron chi connectivity index (χ0n) is 16.1. The fourth-order valence-electron chi connectivity index (χ4n) is 2.54. The SMILES string of the molecule is COc1ccccc1NS(=O)(=O)c1ccc2oc(SCC(=O)NC(C)C)nc2c1. The maximum atomic E-state index is 12.8. The summed E-state index contributed by atoms with van der Waals surface area (Å²) >= 11 is 1.15. The zero-order valence-corrected chi connectivity index (χ0v) is 17.8. The van der Waals surface area contributed by atoms with E-state index in [0.29, 0.717) is 27.8 Å². The van der Waals surface area contributed by atoms with Crippen LogP contribution in [-0.2, 0) is 14.8 Å². The van der Waals surface area contributed by atoms with Gasteiger partial charge in [-0.15, -0.1) is 0 Å². The molecule has 3 aromatic rings. The van der Waals surface area contributed by atoms with E-state index in [1.807, 2.05) is 13.8 Å². The van der Waals surface area contributed by atoms with Crippen molar-refractivity contribution in [3.8, 4) is 5.75 Å². The molecular formula is C19H21N3O5S2. The van der Waals surface area contributed by atoms with Crippen LogP contribution in [0.5, 0.6) is 5.75 Å². The first kappa shape index (κ1) is 21.0. The number of sulfonamides is 1. The van der Waals surface area contributed by atoms with Gasteiger partial charge in [-0.1, -0.05) is 23.9 Å². The Hall–Kier alpha value is -2.72. The molecule has 0 fully saturated rings. The molecule has 0 bridgehead atoms. The predicted octanol–water partition coefficient (Wildman–Crippen LogP) is 3.25. The van der Waals surface area contributed by atoms with Gasteiger partial charge >= 0.3 is 0 Å². The summed E-state index contributed by atoms with van der Waals surface area (Å²) < 4.78 is 38.8. The first-order chi connectivity index (χ1) is 13.8. The molecule has 29 heavy (non-hydrogen) atoms. The summed E-state index contributed by atoms with van der Waals surface area (Å²) in [6.07, 6.45) is 0. The van der Waals surface area contributed by atoms with Crippen LogP contribution in [0.3, 0.4) is 0 Å². The summed E-state index contributed by atoms with van der Waals surface area (Å²) in [5.74, 6) is 0.444. The molecule has 0 radical (unpaired) electrons. The van der Waals surface area contributed by atoms with Crippen molar-refractivity contribution in [3.05, 3.63) is 42.5 Å². The van der Waals surface area contributed by atoms with E-state index >= 15 is 0 Å². The highest BCUT2D eigenvalue weighted by Crippen LogP contribution is 2.28. The number of anilines is 1. The topological polar surface area (TPSA) is 111 Å². The van der Waals surface area contributed by atoms with Crippen LogP contribution in [0.15, 0.2) is 57.0 Å². The fourth-order valence-corrected chi connectivity index (χ4v) is 4.28. The average Bonchev–Trinajstić information content (AvgIpc) is 3.08. The predicted molar refractivity (Wildman–Crippen MR) is 112 cm³/mol. The molecule has 0 saturated heterocycles. The number of para-hydroxylation sites is 2. The third kappa shape index (κ3) is 5.21. The summed E-state index contributed by atoms with van der Waals surface area (Å²) in [5, 5.41) is 3.08. The largest absolute Gasteiger partial charge is 0.495 e. The normalized spacial score (nSPS) is 11.6. The highest BCUT2D eigenvalue weighted by molar-refractivity contribution is 7.99. The molecule has 154 valence electrons. The number of thioether (sulfide) groups is 1. The lowest BCUT2D eigenvalue weighted by atomic mass is 10.3. The van der Waals surface area contributed by atoms with Gasteiger partial charge in [0.05, 0.1) is 23.4 Å². The van der Waals surface area contributed by atoms with Crippen molar-refractivity contribution in [3.63, 3.8) is 0 Å². The van der Waals surface area contributed by atoms with Gasteiger partial charge in [-0.3, -0.25) is 9.52 Å². The average molecular weight is 436 g/mol. The number of carbonyl (C=O) groups excluding carboxylic acids is 1. The van der Waals surface area contributed by atoms with E-state index in [2.05, 4.69) is 15.0 Å². The highest BCUT2D eigenvalue weighted by atomic mass is 32.2. The molecule has 0 saturated carbocycles. The number of nitrogens with zero attached hydrogens (tertiary/aromatic N) is 1. The van der Waals surface area contributed by atoms with Gasteiger partial charge in [0, 0.05) is 6.04 Å². The van der Waals surface area contributed by atoms with E-state index in [9.17, 15) is 13.2 Å². The van der Waals surface area contributed by atoms with Crippen LogP contribution in [-0.4, -0.2) is 38.2 Å². The number of aromatic nitrogens is 1. The Bertz CT molecular complexity index is 1130. The van der Waals surface area contributed by atoms with Gasteiger partial charge in [0.1, 0.15) is 11.3 Å². The summed E-state index contributed by atoms with van der Waals surface area (Å²) in [6, 6.07) is 11.2. The quantitative estimate of drug-likeness (QED) is 0.523. The van der Waals surface area contributed by atoms with Crippen molar-refractivity contribution in [2.75, 3.05) is 17.6 Å². The lowest BCUT2D eigenvalue weighted by Crippen LogP contribution is -2.31. The number of methoxy groups -OCH3 is 1. The monoisotopic (exact) mass is 435 g/mol. The Balaban J connectivity index is 1.79. The van der Waals surface area contributed by atoms with Crippen LogP contribution >= 0.6 is 11.8 Å². The van der Waals surface area contributed by atoms with Crippen LogP contribution in [0.4, 0.5) is 5.69 Å². The first-order valence-electron chi connectivity index (χ1n) is 8.77. The number of rotatable bonds is 8. The number of fused-ring (bicyclic) bond motifs is 1. The molecule has 0 aliphatic heterocycles. The third-order valence-electron chi connectivity index (χ3n) is 3.78. The molecule has 0 spiro atoms. The minimum Gasteiger partial charge on any atom is -0.495 e. The van der Waals surface area contributed by atoms with E-state index in [4.69, 9.17) is 9.15 Å². The van der Waals surface area contributed by atoms with Crippen molar-refractivity contribution in [2.45, 2.75) is 30.0 Å². The smallest absolute Gasteiger partial charge is 0.262 e. The van der Waals surface area contributed by atoms with E-state index in [1.54, 1.807) is 24.3 Å². The maximum absolute atomic E-state index is 12.8. The summed E-state index contributed by atoms with van der Waals surface area (Å²) in [4.78, 5) is 16.1. The van der Waals surface area contributed by atoms with E-state index in [0.717, 1.165) is 11.8 Å². The standard InChI is InChI=1S/C19H21N3O5S2/c1-12(2)20-18(23)11-28-19-21-15-10-13(8-9-17(15)27-19)29(24,25)22-14-6-4-5-7-16(14)26-3/h4-10,12,22H,11H2,1-3H3,(H,20,23). The summed E-state index contributed by atoms with van der Waals surface area (Å²) in [6.45, 7) is 3.76. The first-order valence-corrected chi connectivity index (χ1v) is 11.2. The number of hydrogen-bond donors (Lipinski definition) is 2.